The number of fused-ring (bicyclic) bond motifs is 1. The van der Waals surface area contributed by atoms with Gasteiger partial charge in [0.2, 0.25) is 0 Å². The molecule has 2 rings (SSSR count). The molecule has 2 aromatic rings. The molecule has 6 heteroatoms. The van der Waals surface area contributed by atoms with Gasteiger partial charge >= 0.3 is 0 Å². The van der Waals surface area contributed by atoms with Crippen molar-refractivity contribution in [3.8, 4) is 0 Å². The predicted molar refractivity (Wildman–Crippen MR) is 64.1 cm³/mol. The van der Waals surface area contributed by atoms with Crippen LogP contribution in [0.15, 0.2) is 23.3 Å². The Balaban J connectivity index is 2.18. The van der Waals surface area contributed by atoms with Crippen LogP contribution in [-0.4, -0.2) is 33.9 Å². The zero-order valence-electron chi connectivity index (χ0n) is 9.80. The quantitative estimate of drug-likeness (QED) is 0.728. The first kappa shape index (κ1) is 11.8. The van der Waals surface area contributed by atoms with Crippen molar-refractivity contribution in [3.05, 3.63) is 34.5 Å². The van der Waals surface area contributed by atoms with Crippen molar-refractivity contribution < 1.29 is 4.74 Å². The molecule has 0 spiro atoms. The zero-order valence-corrected chi connectivity index (χ0v) is 9.80. The van der Waals surface area contributed by atoms with Gasteiger partial charge in [0.25, 0.3) is 5.56 Å². The normalized spacial score (nSPS) is 11.2. The fraction of sp³-hybridized carbons (Fsp3) is 0.455. The van der Waals surface area contributed by atoms with Crippen molar-refractivity contribution in [2.24, 2.45) is 5.73 Å². The number of nitrogens with two attached hydrogens (primary N) is 1. The topological polar surface area (TPSA) is 74.5 Å². The zero-order chi connectivity index (χ0) is 12.3. The Morgan fingerprint density at radius 1 is 1.41 bits per heavy atom. The fourth-order valence-corrected chi connectivity index (χ4v) is 1.67. The maximum Gasteiger partial charge on any atom is 0.276 e. The van der Waals surface area contributed by atoms with Crippen molar-refractivity contribution in [1.82, 2.24) is 14.2 Å². The van der Waals surface area contributed by atoms with Crippen molar-refractivity contribution >= 4 is 5.52 Å². The Hall–Kier alpha value is -1.66. The summed E-state index contributed by atoms with van der Waals surface area (Å²) in [5.74, 6) is 0. The lowest BCUT2D eigenvalue weighted by Gasteiger charge is -2.06. The molecule has 0 bridgehead atoms. The number of nitrogens with zero attached hydrogens (tertiary/aromatic N) is 3. The standard InChI is InChI=1S/C11H16N4O2/c1-9-8-10-11(16)14(3-4-15(10)13-9)5-7-17-6-2-12/h3-4,8H,2,5-7,12H2,1H3. The maximum absolute atomic E-state index is 12.0. The number of aromatic nitrogens is 3. The Labute approximate surface area is 98.6 Å². The van der Waals surface area contributed by atoms with E-state index in [1.54, 1.807) is 27.5 Å². The molecule has 6 nitrogen and oxygen atoms in total. The van der Waals surface area contributed by atoms with Gasteiger partial charge in [-0.3, -0.25) is 4.79 Å². The molecule has 0 aliphatic heterocycles. The third-order valence-corrected chi connectivity index (χ3v) is 2.46. The molecule has 92 valence electrons. The first-order valence-electron chi connectivity index (χ1n) is 5.55. The van der Waals surface area contributed by atoms with Gasteiger partial charge in [-0.05, 0) is 13.0 Å². The summed E-state index contributed by atoms with van der Waals surface area (Å²) in [4.78, 5) is 12.0. The van der Waals surface area contributed by atoms with Crippen molar-refractivity contribution in [2.75, 3.05) is 19.8 Å². The van der Waals surface area contributed by atoms with Crippen LogP contribution in [-0.2, 0) is 11.3 Å². The first-order chi connectivity index (χ1) is 8.22. The minimum Gasteiger partial charge on any atom is -0.378 e. The summed E-state index contributed by atoms with van der Waals surface area (Å²) in [6.07, 6.45) is 3.49. The Kier molecular flexibility index (Phi) is 3.55. The van der Waals surface area contributed by atoms with Crippen LogP contribution in [0.2, 0.25) is 0 Å². The van der Waals surface area contributed by atoms with E-state index in [-0.39, 0.29) is 5.56 Å². The summed E-state index contributed by atoms with van der Waals surface area (Å²) >= 11 is 0. The smallest absolute Gasteiger partial charge is 0.276 e. The van der Waals surface area contributed by atoms with E-state index >= 15 is 0 Å². The van der Waals surface area contributed by atoms with E-state index in [4.69, 9.17) is 10.5 Å². The minimum atomic E-state index is -0.0514. The molecule has 0 unspecified atom stereocenters. The number of hydrogen-bond acceptors (Lipinski definition) is 4. The van der Waals surface area contributed by atoms with Gasteiger partial charge in [0.15, 0.2) is 0 Å². The molecule has 0 radical (unpaired) electrons. The summed E-state index contributed by atoms with van der Waals surface area (Å²) in [5, 5.41) is 4.18. The van der Waals surface area contributed by atoms with E-state index in [9.17, 15) is 4.79 Å². The third-order valence-electron chi connectivity index (χ3n) is 2.46. The van der Waals surface area contributed by atoms with Gasteiger partial charge in [0, 0.05) is 25.5 Å². The fourth-order valence-electron chi connectivity index (χ4n) is 1.67. The lowest BCUT2D eigenvalue weighted by Crippen LogP contribution is -2.24. The molecule has 2 aromatic heterocycles. The van der Waals surface area contributed by atoms with Crippen LogP contribution in [0.4, 0.5) is 0 Å². The highest BCUT2D eigenvalue weighted by Crippen LogP contribution is 1.99. The molecule has 0 fully saturated rings. The molecular formula is C11H16N4O2. The lowest BCUT2D eigenvalue weighted by molar-refractivity contribution is 0.132. The second kappa shape index (κ2) is 5.11. The van der Waals surface area contributed by atoms with Gasteiger partial charge in [0.1, 0.15) is 5.52 Å². The molecule has 2 N–H and O–H groups in total. The van der Waals surface area contributed by atoms with E-state index in [0.29, 0.717) is 31.8 Å². The van der Waals surface area contributed by atoms with Crippen LogP contribution in [0, 0.1) is 6.92 Å². The molecule has 0 amide bonds. The molecule has 2 heterocycles. The van der Waals surface area contributed by atoms with Gasteiger partial charge in [-0.15, -0.1) is 0 Å². The van der Waals surface area contributed by atoms with Crippen LogP contribution >= 0.6 is 0 Å². The molecule has 0 saturated carbocycles. The molecule has 0 saturated heterocycles. The number of rotatable bonds is 5. The first-order valence-corrected chi connectivity index (χ1v) is 5.55. The Morgan fingerprint density at radius 2 is 2.24 bits per heavy atom. The van der Waals surface area contributed by atoms with Crippen LogP contribution < -0.4 is 11.3 Å². The highest BCUT2D eigenvalue weighted by atomic mass is 16.5. The van der Waals surface area contributed by atoms with Gasteiger partial charge in [-0.2, -0.15) is 5.10 Å². The molecule has 0 atom stereocenters. The van der Waals surface area contributed by atoms with E-state index < -0.39 is 0 Å². The molecule has 0 aliphatic rings. The average Bonchev–Trinajstić information content (AvgIpc) is 2.69. The van der Waals surface area contributed by atoms with Gasteiger partial charge in [0.05, 0.1) is 18.9 Å². The van der Waals surface area contributed by atoms with Gasteiger partial charge < -0.3 is 15.0 Å². The Bertz CT molecular complexity index is 558. The molecule has 17 heavy (non-hydrogen) atoms. The van der Waals surface area contributed by atoms with Crippen molar-refractivity contribution in [2.45, 2.75) is 13.5 Å². The third kappa shape index (κ3) is 2.54. The summed E-state index contributed by atoms with van der Waals surface area (Å²) in [7, 11) is 0. The monoisotopic (exact) mass is 236 g/mol. The summed E-state index contributed by atoms with van der Waals surface area (Å²) in [6, 6.07) is 1.78. The molecule has 0 aromatic carbocycles. The predicted octanol–water partition coefficient (Wildman–Crippen LogP) is -0.220. The number of aryl methyl sites for hydroxylation is 1. The minimum absolute atomic E-state index is 0.0514. The van der Waals surface area contributed by atoms with Crippen LogP contribution in [0.5, 0.6) is 0 Å². The van der Waals surface area contributed by atoms with Gasteiger partial charge in [-0.25, -0.2) is 4.52 Å². The van der Waals surface area contributed by atoms with Crippen molar-refractivity contribution in [3.63, 3.8) is 0 Å². The number of ether oxygens (including phenoxy) is 1. The molecule has 0 aliphatic carbocycles. The second-order valence-electron chi connectivity index (χ2n) is 3.81. The molecular weight excluding hydrogens is 220 g/mol. The van der Waals surface area contributed by atoms with E-state index in [1.807, 2.05) is 6.92 Å². The largest absolute Gasteiger partial charge is 0.378 e. The van der Waals surface area contributed by atoms with Crippen LogP contribution in [0.25, 0.3) is 5.52 Å². The van der Waals surface area contributed by atoms with E-state index in [2.05, 4.69) is 5.10 Å². The van der Waals surface area contributed by atoms with Crippen LogP contribution in [0.1, 0.15) is 5.69 Å². The Morgan fingerprint density at radius 3 is 3.00 bits per heavy atom. The highest BCUT2D eigenvalue weighted by molar-refractivity contribution is 5.44. The highest BCUT2D eigenvalue weighted by Gasteiger charge is 2.04. The van der Waals surface area contributed by atoms with Crippen molar-refractivity contribution in [1.29, 1.82) is 0 Å². The maximum atomic E-state index is 12.0. The van der Waals surface area contributed by atoms with Crippen LogP contribution in [0.3, 0.4) is 0 Å². The van der Waals surface area contributed by atoms with E-state index in [1.165, 1.54) is 0 Å². The lowest BCUT2D eigenvalue weighted by atomic mass is 10.4. The van der Waals surface area contributed by atoms with Gasteiger partial charge in [-0.1, -0.05) is 0 Å². The summed E-state index contributed by atoms with van der Waals surface area (Å²) in [6.45, 7) is 3.89. The second-order valence-corrected chi connectivity index (χ2v) is 3.81. The van der Waals surface area contributed by atoms with E-state index in [0.717, 1.165) is 5.69 Å². The summed E-state index contributed by atoms with van der Waals surface area (Å²) in [5.41, 5.74) is 6.68. The SMILES string of the molecule is Cc1cc2c(=O)n(CCOCCN)ccn2n1. The number of hydrogen-bond donors (Lipinski definition) is 1. The average molecular weight is 236 g/mol. The summed E-state index contributed by atoms with van der Waals surface area (Å²) < 4.78 is 8.46.